The van der Waals surface area contributed by atoms with Crippen LogP contribution in [0.3, 0.4) is 0 Å². The molecule has 1 amide bonds. The average Bonchev–Trinajstić information content (AvgIpc) is 3.39. The number of esters is 1. The SMILES string of the molecule is CCCCC/C=C\C/C=C\C/C=C\C/C=C\CCCCCCCC(=O)OC1C(OCC(NC(=O)C(O)CCCCCCCCCCCC)C(O)/C=C/CCCCCCCCCCCCC)OC(CO)C(O)C1O. The Morgan fingerprint density at radius 1 is 0.534 bits per heavy atom. The second-order valence-corrected chi connectivity index (χ2v) is 20.7. The molecule has 1 saturated heterocycles. The second-order valence-electron chi connectivity index (χ2n) is 20.7. The van der Waals surface area contributed by atoms with Crippen LogP contribution >= 0.6 is 0 Å². The van der Waals surface area contributed by atoms with Gasteiger partial charge >= 0.3 is 5.97 Å². The zero-order valence-corrected chi connectivity index (χ0v) is 46.7. The first-order valence-corrected chi connectivity index (χ1v) is 30.1. The summed E-state index contributed by atoms with van der Waals surface area (Å²) in [6, 6.07) is -1.03. The lowest BCUT2D eigenvalue weighted by molar-refractivity contribution is -0.305. The lowest BCUT2D eigenvalue weighted by Gasteiger charge is -2.41. The number of nitrogens with one attached hydrogen (secondary N) is 1. The number of hydrogen-bond donors (Lipinski definition) is 6. The highest BCUT2D eigenvalue weighted by atomic mass is 16.7. The number of carbonyl (C=O) groups is 2. The maximum absolute atomic E-state index is 13.3. The first-order chi connectivity index (χ1) is 35.7. The first-order valence-electron chi connectivity index (χ1n) is 30.1. The van der Waals surface area contributed by atoms with Crippen molar-refractivity contribution in [3.05, 3.63) is 60.8 Å². The van der Waals surface area contributed by atoms with Crippen molar-refractivity contribution in [2.24, 2.45) is 0 Å². The van der Waals surface area contributed by atoms with E-state index in [0.717, 1.165) is 89.9 Å². The Morgan fingerprint density at radius 2 is 0.945 bits per heavy atom. The molecule has 1 aliphatic rings. The fourth-order valence-electron chi connectivity index (χ4n) is 9.10. The normalized spacial score (nSPS) is 19.8. The van der Waals surface area contributed by atoms with Crippen molar-refractivity contribution < 1.29 is 49.3 Å². The molecule has 424 valence electrons. The van der Waals surface area contributed by atoms with Crippen LogP contribution < -0.4 is 5.32 Å². The highest BCUT2D eigenvalue weighted by molar-refractivity contribution is 5.80. The molecule has 11 heteroatoms. The maximum Gasteiger partial charge on any atom is 0.306 e. The number of carbonyl (C=O) groups excluding carboxylic acids is 2. The van der Waals surface area contributed by atoms with Crippen molar-refractivity contribution in [1.82, 2.24) is 5.32 Å². The minimum absolute atomic E-state index is 0.102. The maximum atomic E-state index is 13.3. The summed E-state index contributed by atoms with van der Waals surface area (Å²) < 4.78 is 17.6. The molecule has 11 nitrogen and oxygen atoms in total. The molecule has 0 saturated carbocycles. The first kappa shape index (κ1) is 68.4. The number of amides is 1. The van der Waals surface area contributed by atoms with E-state index in [1.165, 1.54) is 122 Å². The van der Waals surface area contributed by atoms with Crippen LogP contribution in [0.2, 0.25) is 0 Å². The van der Waals surface area contributed by atoms with Crippen molar-refractivity contribution in [2.45, 2.75) is 307 Å². The molecule has 73 heavy (non-hydrogen) atoms. The van der Waals surface area contributed by atoms with Gasteiger partial charge in [0, 0.05) is 6.42 Å². The summed E-state index contributed by atoms with van der Waals surface area (Å²) in [6.45, 7) is 5.73. The highest BCUT2D eigenvalue weighted by Gasteiger charge is 2.47. The van der Waals surface area contributed by atoms with Crippen LogP contribution in [-0.4, -0.2) is 99.6 Å². The third-order valence-corrected chi connectivity index (χ3v) is 13.9. The molecule has 1 fully saturated rings. The predicted octanol–water partition coefficient (Wildman–Crippen LogP) is 13.8. The third-order valence-electron chi connectivity index (χ3n) is 13.9. The molecule has 0 aromatic rings. The van der Waals surface area contributed by atoms with Gasteiger partial charge in [0.25, 0.3) is 0 Å². The van der Waals surface area contributed by atoms with Crippen LogP contribution in [0.15, 0.2) is 60.8 Å². The van der Waals surface area contributed by atoms with Crippen molar-refractivity contribution in [3.8, 4) is 0 Å². The number of rotatable bonds is 50. The van der Waals surface area contributed by atoms with Gasteiger partial charge < -0.3 is 45.1 Å². The van der Waals surface area contributed by atoms with Crippen LogP contribution in [0.1, 0.15) is 258 Å². The summed E-state index contributed by atoms with van der Waals surface area (Å²) in [5.74, 6) is -1.21. The zero-order valence-electron chi connectivity index (χ0n) is 46.7. The van der Waals surface area contributed by atoms with E-state index in [4.69, 9.17) is 14.2 Å². The van der Waals surface area contributed by atoms with Crippen LogP contribution in [0.25, 0.3) is 0 Å². The molecule has 0 spiro atoms. The fourth-order valence-corrected chi connectivity index (χ4v) is 9.10. The fraction of sp³-hybridized carbons (Fsp3) is 0.806. The Labute approximate surface area is 446 Å². The molecular weight excluding hydrogens is 919 g/mol. The Kier molecular flexibility index (Phi) is 47.0. The van der Waals surface area contributed by atoms with Crippen LogP contribution in [-0.2, 0) is 23.8 Å². The van der Waals surface area contributed by atoms with E-state index in [-0.39, 0.29) is 13.0 Å². The van der Waals surface area contributed by atoms with Crippen molar-refractivity contribution in [3.63, 3.8) is 0 Å². The quantitative estimate of drug-likeness (QED) is 0.0195. The van der Waals surface area contributed by atoms with E-state index < -0.39 is 67.4 Å². The summed E-state index contributed by atoms with van der Waals surface area (Å²) in [7, 11) is 0. The molecule has 1 aliphatic heterocycles. The lowest BCUT2D eigenvalue weighted by Crippen LogP contribution is -2.61. The summed E-state index contributed by atoms with van der Waals surface area (Å²) in [6.07, 6.45) is 51.2. The van der Waals surface area contributed by atoms with Crippen LogP contribution in [0.4, 0.5) is 0 Å². The topological polar surface area (TPSA) is 175 Å². The molecular formula is C62H111NO10. The van der Waals surface area contributed by atoms with Crippen molar-refractivity contribution in [2.75, 3.05) is 13.2 Å². The summed E-state index contributed by atoms with van der Waals surface area (Å²) in [4.78, 5) is 26.5. The van der Waals surface area contributed by atoms with Gasteiger partial charge in [0.1, 0.15) is 24.4 Å². The molecule has 0 bridgehead atoms. The molecule has 0 aromatic heterocycles. The van der Waals surface area contributed by atoms with E-state index >= 15 is 0 Å². The van der Waals surface area contributed by atoms with Gasteiger partial charge in [0.15, 0.2) is 12.4 Å². The number of unbranched alkanes of at least 4 members (excludes halogenated alkanes) is 28. The number of allylic oxidation sites excluding steroid dienone is 9. The van der Waals surface area contributed by atoms with E-state index in [1.807, 2.05) is 6.08 Å². The number of aliphatic hydroxyl groups excluding tert-OH is 5. The second kappa shape index (κ2) is 50.2. The summed E-state index contributed by atoms with van der Waals surface area (Å²) >= 11 is 0. The Hall–Kier alpha value is -2.64. The minimum Gasteiger partial charge on any atom is -0.454 e. The van der Waals surface area contributed by atoms with Gasteiger partial charge in [-0.25, -0.2) is 0 Å². The molecule has 0 radical (unpaired) electrons. The zero-order chi connectivity index (χ0) is 53.3. The van der Waals surface area contributed by atoms with Crippen molar-refractivity contribution >= 4 is 11.9 Å². The van der Waals surface area contributed by atoms with Gasteiger partial charge in [0.05, 0.1) is 25.4 Å². The van der Waals surface area contributed by atoms with Gasteiger partial charge in [-0.15, -0.1) is 0 Å². The monoisotopic (exact) mass is 1030 g/mol. The largest absolute Gasteiger partial charge is 0.454 e. The van der Waals surface area contributed by atoms with E-state index in [0.29, 0.717) is 19.3 Å². The number of aliphatic hydroxyl groups is 5. The molecule has 0 aliphatic carbocycles. The van der Waals surface area contributed by atoms with Gasteiger partial charge in [-0.2, -0.15) is 0 Å². The molecule has 1 heterocycles. The standard InChI is InChI=1S/C62H111NO10/c1-4-7-10-13-16-19-22-24-25-26-27-28-29-30-31-33-35-38-41-44-47-50-57(67)73-60-59(69)58(68)56(51-64)72-62(60)71-52-53(54(65)48-45-42-39-37-34-32-23-20-17-14-11-8-5-2)63-61(70)55(66)49-46-43-40-36-21-18-15-12-9-6-3/h16,19,24-25,27-28,30-31,45,48,53-56,58-60,62,64-66,68-69H,4-15,17-18,20-23,26,29,32-44,46-47,49-52H2,1-3H3,(H,63,70)/b19-16-,25-24-,28-27-,31-30-,48-45+. The Balaban J connectivity index is 2.68. The smallest absolute Gasteiger partial charge is 0.306 e. The van der Waals surface area contributed by atoms with Gasteiger partial charge in [-0.05, 0) is 70.6 Å². The van der Waals surface area contributed by atoms with Crippen molar-refractivity contribution in [1.29, 1.82) is 0 Å². The summed E-state index contributed by atoms with van der Waals surface area (Å²) in [5.41, 5.74) is 0. The lowest BCUT2D eigenvalue weighted by atomic mass is 9.99. The predicted molar refractivity (Wildman–Crippen MR) is 301 cm³/mol. The highest BCUT2D eigenvalue weighted by Crippen LogP contribution is 2.26. The molecule has 0 aromatic carbocycles. The average molecular weight is 1030 g/mol. The molecule has 8 atom stereocenters. The molecule has 6 N–H and O–H groups in total. The Bertz CT molecular complexity index is 1420. The molecule has 1 rings (SSSR count). The number of hydrogen-bond acceptors (Lipinski definition) is 10. The van der Waals surface area contributed by atoms with Crippen LogP contribution in [0, 0.1) is 0 Å². The number of ether oxygens (including phenoxy) is 3. The van der Waals surface area contributed by atoms with E-state index in [2.05, 4.69) is 74.7 Å². The van der Waals surface area contributed by atoms with Gasteiger partial charge in [-0.1, -0.05) is 242 Å². The van der Waals surface area contributed by atoms with E-state index in [1.54, 1.807) is 6.08 Å². The molecule has 8 unspecified atom stereocenters. The Morgan fingerprint density at radius 3 is 1.44 bits per heavy atom. The third kappa shape index (κ3) is 38.5. The van der Waals surface area contributed by atoms with E-state index in [9.17, 15) is 35.1 Å². The van der Waals surface area contributed by atoms with Gasteiger partial charge in [0.2, 0.25) is 5.91 Å². The minimum atomic E-state index is -1.62. The van der Waals surface area contributed by atoms with Gasteiger partial charge in [-0.3, -0.25) is 9.59 Å². The summed E-state index contributed by atoms with van der Waals surface area (Å²) in [5, 5.41) is 56.8. The van der Waals surface area contributed by atoms with Crippen LogP contribution in [0.5, 0.6) is 0 Å².